The first-order chi connectivity index (χ1) is 9.66. The molecule has 1 aliphatic rings. The van der Waals surface area contributed by atoms with Crippen molar-refractivity contribution in [1.82, 2.24) is 5.32 Å². The zero-order valence-electron chi connectivity index (χ0n) is 12.5. The molecule has 110 valence electrons. The Morgan fingerprint density at radius 3 is 2.70 bits per heavy atom. The van der Waals surface area contributed by atoms with E-state index in [-0.39, 0.29) is 5.91 Å². The number of carbonyl (C=O) groups is 1. The molecule has 1 amide bonds. The number of hydrogen-bond donors (Lipinski definition) is 1. The van der Waals surface area contributed by atoms with E-state index in [4.69, 9.17) is 0 Å². The van der Waals surface area contributed by atoms with Crippen molar-refractivity contribution in [3.8, 4) is 0 Å². The third-order valence-corrected chi connectivity index (χ3v) is 4.89. The third kappa shape index (κ3) is 4.55. The predicted octanol–water partition coefficient (Wildman–Crippen LogP) is 4.50. The minimum atomic E-state index is 0.0757. The van der Waals surface area contributed by atoms with Crippen molar-refractivity contribution >= 4 is 17.7 Å². The lowest BCUT2D eigenvalue weighted by Gasteiger charge is -2.13. The lowest BCUT2D eigenvalue weighted by atomic mass is 10.0. The van der Waals surface area contributed by atoms with Crippen molar-refractivity contribution in [2.24, 2.45) is 5.92 Å². The smallest absolute Gasteiger partial charge is 0.252 e. The molecule has 1 fully saturated rings. The van der Waals surface area contributed by atoms with E-state index >= 15 is 0 Å². The van der Waals surface area contributed by atoms with Gasteiger partial charge in [0.2, 0.25) is 0 Å². The van der Waals surface area contributed by atoms with Crippen LogP contribution < -0.4 is 5.32 Å². The fourth-order valence-corrected chi connectivity index (χ4v) is 3.75. The molecule has 1 aromatic rings. The van der Waals surface area contributed by atoms with Crippen LogP contribution in [0.4, 0.5) is 0 Å². The van der Waals surface area contributed by atoms with Gasteiger partial charge in [-0.3, -0.25) is 4.79 Å². The molecule has 0 heterocycles. The van der Waals surface area contributed by atoms with Crippen LogP contribution >= 0.6 is 11.8 Å². The summed E-state index contributed by atoms with van der Waals surface area (Å²) in [4.78, 5) is 13.4. The zero-order chi connectivity index (χ0) is 14.4. The molecular formula is C17H25NOS. The zero-order valence-corrected chi connectivity index (χ0v) is 13.3. The standard InChI is InChI=1S/C17H25NOS/c1-13(2)20-16-10-6-5-9-15(16)17(19)18-12-11-14-7-3-4-8-14/h5-6,9-10,13-14H,3-4,7-8,11-12H2,1-2H3,(H,18,19). The van der Waals surface area contributed by atoms with E-state index in [9.17, 15) is 4.79 Å². The van der Waals surface area contributed by atoms with Gasteiger partial charge in [0.05, 0.1) is 5.56 Å². The molecule has 20 heavy (non-hydrogen) atoms. The SMILES string of the molecule is CC(C)Sc1ccccc1C(=O)NCCC1CCCC1. The van der Waals surface area contributed by atoms with Crippen LogP contribution in [0, 0.1) is 5.92 Å². The first-order valence-electron chi connectivity index (χ1n) is 7.70. The highest BCUT2D eigenvalue weighted by Gasteiger charge is 2.16. The maximum atomic E-state index is 12.3. The van der Waals surface area contributed by atoms with Gasteiger partial charge < -0.3 is 5.32 Å². The predicted molar refractivity (Wildman–Crippen MR) is 86.3 cm³/mol. The summed E-state index contributed by atoms with van der Waals surface area (Å²) >= 11 is 1.75. The van der Waals surface area contributed by atoms with Gasteiger partial charge in [0, 0.05) is 16.7 Å². The average molecular weight is 291 g/mol. The van der Waals surface area contributed by atoms with Gasteiger partial charge in [0.25, 0.3) is 5.91 Å². The molecular weight excluding hydrogens is 266 g/mol. The van der Waals surface area contributed by atoms with Gasteiger partial charge in [-0.05, 0) is 24.5 Å². The van der Waals surface area contributed by atoms with E-state index in [1.54, 1.807) is 11.8 Å². The van der Waals surface area contributed by atoms with Gasteiger partial charge >= 0.3 is 0 Å². The number of nitrogens with one attached hydrogen (secondary N) is 1. The van der Waals surface area contributed by atoms with Crippen LogP contribution in [0.1, 0.15) is 56.3 Å². The molecule has 1 aromatic carbocycles. The number of benzene rings is 1. The highest BCUT2D eigenvalue weighted by atomic mass is 32.2. The van der Waals surface area contributed by atoms with E-state index in [2.05, 4.69) is 19.2 Å². The Morgan fingerprint density at radius 2 is 2.00 bits per heavy atom. The Balaban J connectivity index is 1.87. The maximum absolute atomic E-state index is 12.3. The molecule has 1 saturated carbocycles. The van der Waals surface area contributed by atoms with Crippen LogP contribution in [0.5, 0.6) is 0 Å². The van der Waals surface area contributed by atoms with E-state index in [1.807, 2.05) is 24.3 Å². The fourth-order valence-electron chi connectivity index (χ4n) is 2.80. The molecule has 0 spiro atoms. The number of amides is 1. The molecule has 0 radical (unpaired) electrons. The van der Waals surface area contributed by atoms with Crippen molar-refractivity contribution in [3.05, 3.63) is 29.8 Å². The van der Waals surface area contributed by atoms with Crippen molar-refractivity contribution in [2.75, 3.05) is 6.54 Å². The lowest BCUT2D eigenvalue weighted by Crippen LogP contribution is -2.26. The summed E-state index contributed by atoms with van der Waals surface area (Å²) in [5.41, 5.74) is 0.817. The largest absolute Gasteiger partial charge is 0.352 e. The minimum Gasteiger partial charge on any atom is -0.352 e. The Hall–Kier alpha value is -0.960. The van der Waals surface area contributed by atoms with E-state index in [0.29, 0.717) is 5.25 Å². The second-order valence-electron chi connectivity index (χ2n) is 5.86. The van der Waals surface area contributed by atoms with Crippen LogP contribution in [0.3, 0.4) is 0 Å². The van der Waals surface area contributed by atoms with Crippen LogP contribution in [0.25, 0.3) is 0 Å². The van der Waals surface area contributed by atoms with Crippen molar-refractivity contribution in [1.29, 1.82) is 0 Å². The Kier molecular flexibility index (Phi) is 5.96. The number of thioether (sulfide) groups is 1. The highest BCUT2D eigenvalue weighted by molar-refractivity contribution is 8.00. The molecule has 1 aliphatic carbocycles. The van der Waals surface area contributed by atoms with E-state index in [1.165, 1.54) is 25.7 Å². The highest BCUT2D eigenvalue weighted by Crippen LogP contribution is 2.28. The van der Waals surface area contributed by atoms with Gasteiger partial charge in [-0.25, -0.2) is 0 Å². The average Bonchev–Trinajstić information content (AvgIpc) is 2.91. The van der Waals surface area contributed by atoms with Crippen LogP contribution in [-0.4, -0.2) is 17.7 Å². The maximum Gasteiger partial charge on any atom is 0.252 e. The summed E-state index contributed by atoms with van der Waals surface area (Å²) < 4.78 is 0. The molecule has 0 bridgehead atoms. The molecule has 1 N–H and O–H groups in total. The normalized spacial score (nSPS) is 15.8. The topological polar surface area (TPSA) is 29.1 Å². The molecule has 0 atom stereocenters. The molecule has 0 aromatic heterocycles. The second-order valence-corrected chi connectivity index (χ2v) is 7.48. The number of hydrogen-bond acceptors (Lipinski definition) is 2. The van der Waals surface area contributed by atoms with E-state index in [0.717, 1.165) is 29.3 Å². The molecule has 2 nitrogen and oxygen atoms in total. The summed E-state index contributed by atoms with van der Waals surface area (Å²) in [5.74, 6) is 0.905. The van der Waals surface area contributed by atoms with Gasteiger partial charge in [0.15, 0.2) is 0 Å². The Labute approximate surface area is 126 Å². The summed E-state index contributed by atoms with van der Waals surface area (Å²) in [6.45, 7) is 5.11. The fraction of sp³-hybridized carbons (Fsp3) is 0.588. The summed E-state index contributed by atoms with van der Waals surface area (Å²) in [5, 5.41) is 3.58. The lowest BCUT2D eigenvalue weighted by molar-refractivity contribution is 0.0948. The Bertz CT molecular complexity index is 438. The molecule has 0 aliphatic heterocycles. The van der Waals surface area contributed by atoms with Gasteiger partial charge in [-0.15, -0.1) is 11.8 Å². The molecule has 2 rings (SSSR count). The monoisotopic (exact) mass is 291 g/mol. The summed E-state index contributed by atoms with van der Waals surface area (Å²) in [6, 6.07) is 7.91. The van der Waals surface area contributed by atoms with Gasteiger partial charge in [-0.2, -0.15) is 0 Å². The van der Waals surface area contributed by atoms with Crippen molar-refractivity contribution in [2.45, 2.75) is 56.1 Å². The molecule has 3 heteroatoms. The molecule has 0 unspecified atom stereocenters. The summed E-state index contributed by atoms with van der Waals surface area (Å²) in [6.07, 6.45) is 6.55. The summed E-state index contributed by atoms with van der Waals surface area (Å²) in [7, 11) is 0. The first-order valence-corrected chi connectivity index (χ1v) is 8.58. The van der Waals surface area contributed by atoms with Crippen LogP contribution in [-0.2, 0) is 0 Å². The third-order valence-electron chi connectivity index (χ3n) is 3.81. The quantitative estimate of drug-likeness (QED) is 0.782. The minimum absolute atomic E-state index is 0.0757. The van der Waals surface area contributed by atoms with Gasteiger partial charge in [0.1, 0.15) is 0 Å². The van der Waals surface area contributed by atoms with E-state index < -0.39 is 0 Å². The van der Waals surface area contributed by atoms with Crippen molar-refractivity contribution in [3.63, 3.8) is 0 Å². The van der Waals surface area contributed by atoms with Gasteiger partial charge in [-0.1, -0.05) is 51.7 Å². The Morgan fingerprint density at radius 1 is 1.30 bits per heavy atom. The first kappa shape index (κ1) is 15.4. The number of rotatable bonds is 6. The molecule has 0 saturated heterocycles. The second kappa shape index (κ2) is 7.72. The van der Waals surface area contributed by atoms with Crippen LogP contribution in [0.2, 0.25) is 0 Å². The number of carbonyl (C=O) groups excluding carboxylic acids is 1. The van der Waals surface area contributed by atoms with Crippen LogP contribution in [0.15, 0.2) is 29.2 Å². The van der Waals surface area contributed by atoms with Crippen molar-refractivity contribution < 1.29 is 4.79 Å².